The maximum absolute atomic E-state index is 4.92. The van der Waals surface area contributed by atoms with E-state index in [2.05, 4.69) is 40.6 Å². The van der Waals surface area contributed by atoms with Crippen LogP contribution in [0.15, 0.2) is 48.8 Å². The number of nitrogens with zero attached hydrogens (tertiary/aromatic N) is 4. The molecule has 1 aromatic carbocycles. The van der Waals surface area contributed by atoms with Gasteiger partial charge in [0, 0.05) is 35.3 Å². The van der Waals surface area contributed by atoms with Crippen molar-refractivity contribution in [3.8, 4) is 5.95 Å². The molecule has 1 unspecified atom stereocenters. The summed E-state index contributed by atoms with van der Waals surface area (Å²) in [5.74, 6) is 3.11. The first kappa shape index (κ1) is 16.0. The predicted octanol–water partition coefficient (Wildman–Crippen LogP) is 5.07. The van der Waals surface area contributed by atoms with Crippen LogP contribution in [-0.4, -0.2) is 19.5 Å². The maximum atomic E-state index is 4.92. The van der Waals surface area contributed by atoms with Crippen molar-refractivity contribution in [1.29, 1.82) is 0 Å². The van der Waals surface area contributed by atoms with E-state index in [4.69, 9.17) is 9.97 Å². The van der Waals surface area contributed by atoms with E-state index in [1.165, 1.54) is 39.8 Å². The van der Waals surface area contributed by atoms with E-state index in [-0.39, 0.29) is 0 Å². The molecule has 0 bridgehead atoms. The first-order chi connectivity index (χ1) is 13.8. The van der Waals surface area contributed by atoms with E-state index in [0.717, 1.165) is 23.0 Å². The second-order valence-corrected chi connectivity index (χ2v) is 8.40. The van der Waals surface area contributed by atoms with Crippen molar-refractivity contribution in [3.05, 3.63) is 70.6 Å². The van der Waals surface area contributed by atoms with Crippen LogP contribution in [-0.2, 0) is 6.54 Å². The van der Waals surface area contributed by atoms with Gasteiger partial charge in [-0.2, -0.15) is 4.98 Å². The molecule has 3 heterocycles. The highest BCUT2D eigenvalue weighted by Crippen LogP contribution is 2.59. The van der Waals surface area contributed by atoms with Gasteiger partial charge in [0.25, 0.3) is 0 Å². The minimum absolute atomic E-state index is 0.620. The van der Waals surface area contributed by atoms with Crippen LogP contribution in [0.25, 0.3) is 21.7 Å². The van der Waals surface area contributed by atoms with Gasteiger partial charge in [-0.15, -0.1) is 11.3 Å². The summed E-state index contributed by atoms with van der Waals surface area (Å²) in [7, 11) is 0. The standard InChI is InChI=1S/C22H19N5S/c1-13-23-10-11-27(13)22-25-20(24-12-14-6-3-2-4-7-14)18-17-15-8-5-9-16(15)19(17)28-21(18)26-22/h2-4,6-8,10-11,16H,5,9,12H2,1H3,(H,24,25,26). The number of rotatable bonds is 4. The van der Waals surface area contributed by atoms with Crippen molar-refractivity contribution < 1.29 is 0 Å². The van der Waals surface area contributed by atoms with Crippen molar-refractivity contribution in [2.24, 2.45) is 0 Å². The number of imidazole rings is 1. The van der Waals surface area contributed by atoms with Crippen LogP contribution in [0, 0.1) is 6.92 Å². The Morgan fingerprint density at radius 3 is 2.93 bits per heavy atom. The zero-order chi connectivity index (χ0) is 18.7. The summed E-state index contributed by atoms with van der Waals surface area (Å²) in [6.07, 6.45) is 8.53. The number of anilines is 1. The number of aromatic nitrogens is 4. The number of aryl methyl sites for hydroxylation is 1. The molecule has 0 aliphatic heterocycles. The van der Waals surface area contributed by atoms with Crippen LogP contribution in [0.2, 0.25) is 0 Å². The van der Waals surface area contributed by atoms with Gasteiger partial charge in [0.15, 0.2) is 0 Å². The van der Waals surface area contributed by atoms with Crippen molar-refractivity contribution in [2.45, 2.75) is 32.2 Å². The van der Waals surface area contributed by atoms with Crippen LogP contribution in [0.3, 0.4) is 0 Å². The fourth-order valence-corrected chi connectivity index (χ4v) is 5.66. The molecule has 3 aromatic heterocycles. The van der Waals surface area contributed by atoms with Gasteiger partial charge in [0.05, 0.1) is 5.39 Å². The summed E-state index contributed by atoms with van der Waals surface area (Å²) in [5, 5.41) is 4.77. The molecule has 0 radical (unpaired) electrons. The molecule has 0 spiro atoms. The van der Waals surface area contributed by atoms with E-state index in [0.29, 0.717) is 11.9 Å². The molecule has 0 fully saturated rings. The van der Waals surface area contributed by atoms with E-state index in [1.807, 2.05) is 35.1 Å². The molecule has 0 amide bonds. The number of thiophene rings is 1. The van der Waals surface area contributed by atoms with Crippen LogP contribution >= 0.6 is 11.3 Å². The lowest BCUT2D eigenvalue weighted by molar-refractivity contribution is 0.797. The molecule has 4 aromatic rings. The second kappa shape index (κ2) is 6.01. The summed E-state index contributed by atoms with van der Waals surface area (Å²) < 4.78 is 1.95. The average molecular weight is 385 g/mol. The van der Waals surface area contributed by atoms with E-state index < -0.39 is 0 Å². The van der Waals surface area contributed by atoms with E-state index in [1.54, 1.807) is 6.20 Å². The minimum atomic E-state index is 0.620. The zero-order valence-corrected chi connectivity index (χ0v) is 16.3. The van der Waals surface area contributed by atoms with Gasteiger partial charge in [0.2, 0.25) is 5.95 Å². The lowest BCUT2D eigenvalue weighted by atomic mass is 9.80. The van der Waals surface area contributed by atoms with Gasteiger partial charge < -0.3 is 5.32 Å². The van der Waals surface area contributed by atoms with E-state index in [9.17, 15) is 0 Å². The van der Waals surface area contributed by atoms with Gasteiger partial charge in [-0.05, 0) is 30.9 Å². The predicted molar refractivity (Wildman–Crippen MR) is 113 cm³/mol. The Labute approximate surface area is 166 Å². The number of benzene rings is 1. The molecular formula is C22H19N5S. The first-order valence-electron chi connectivity index (χ1n) is 9.62. The molecule has 28 heavy (non-hydrogen) atoms. The highest BCUT2D eigenvalue weighted by molar-refractivity contribution is 7.19. The third-order valence-electron chi connectivity index (χ3n) is 5.71. The molecule has 0 saturated carbocycles. The Bertz CT molecular complexity index is 1230. The minimum Gasteiger partial charge on any atom is -0.365 e. The molecule has 138 valence electrons. The molecule has 6 rings (SSSR count). The third-order valence-corrected chi connectivity index (χ3v) is 6.91. The van der Waals surface area contributed by atoms with Gasteiger partial charge in [-0.25, -0.2) is 9.97 Å². The van der Waals surface area contributed by atoms with E-state index >= 15 is 0 Å². The normalized spacial score (nSPS) is 17.2. The smallest absolute Gasteiger partial charge is 0.238 e. The van der Waals surface area contributed by atoms with Crippen molar-refractivity contribution in [1.82, 2.24) is 19.5 Å². The maximum Gasteiger partial charge on any atom is 0.238 e. The van der Waals surface area contributed by atoms with Crippen LogP contribution in [0.5, 0.6) is 0 Å². The number of nitrogens with one attached hydrogen (secondary N) is 1. The summed E-state index contributed by atoms with van der Waals surface area (Å²) >= 11 is 1.83. The van der Waals surface area contributed by atoms with Gasteiger partial charge in [0.1, 0.15) is 16.5 Å². The Morgan fingerprint density at radius 2 is 2.11 bits per heavy atom. The summed E-state index contributed by atoms with van der Waals surface area (Å²) in [5.41, 5.74) is 4.12. The average Bonchev–Trinajstić information content (AvgIpc) is 3.40. The van der Waals surface area contributed by atoms with Crippen LogP contribution < -0.4 is 5.32 Å². The molecule has 1 N–H and O–H groups in total. The number of allylic oxidation sites excluding steroid dienone is 2. The number of hydrogen-bond acceptors (Lipinski definition) is 5. The SMILES string of the molecule is Cc1nccn1-c1nc(NCc2ccccc2)c2c3c(sc2n1)C1CCC=C31. The van der Waals surface area contributed by atoms with Crippen molar-refractivity contribution in [3.63, 3.8) is 0 Å². The quantitative estimate of drug-likeness (QED) is 0.533. The zero-order valence-electron chi connectivity index (χ0n) is 15.5. The molecular weight excluding hydrogens is 366 g/mol. The van der Waals surface area contributed by atoms with Gasteiger partial charge in [-0.1, -0.05) is 36.4 Å². The second-order valence-electron chi connectivity index (χ2n) is 7.37. The molecule has 5 nitrogen and oxygen atoms in total. The number of hydrogen-bond donors (Lipinski definition) is 1. The summed E-state index contributed by atoms with van der Waals surface area (Å²) in [4.78, 5) is 16.7. The molecule has 2 aliphatic rings. The van der Waals surface area contributed by atoms with Gasteiger partial charge >= 0.3 is 0 Å². The van der Waals surface area contributed by atoms with Crippen molar-refractivity contribution in [2.75, 3.05) is 5.32 Å². The third kappa shape index (κ3) is 2.27. The lowest BCUT2D eigenvalue weighted by Gasteiger charge is -2.26. The fourth-order valence-electron chi connectivity index (χ4n) is 4.32. The first-order valence-corrected chi connectivity index (χ1v) is 10.4. The molecule has 6 heteroatoms. The Morgan fingerprint density at radius 1 is 1.21 bits per heavy atom. The van der Waals surface area contributed by atoms with Crippen molar-refractivity contribution >= 4 is 32.9 Å². The van der Waals surface area contributed by atoms with Crippen LogP contribution in [0.1, 0.15) is 40.6 Å². The molecule has 1 atom stereocenters. The topological polar surface area (TPSA) is 55.6 Å². The Balaban J connectivity index is 1.51. The highest BCUT2D eigenvalue weighted by atomic mass is 32.1. The molecule has 2 aliphatic carbocycles. The highest BCUT2D eigenvalue weighted by Gasteiger charge is 2.39. The Hall–Kier alpha value is -2.99. The number of fused-ring (bicyclic) bond motifs is 6. The summed E-state index contributed by atoms with van der Waals surface area (Å²) in [6, 6.07) is 10.4. The summed E-state index contributed by atoms with van der Waals surface area (Å²) in [6.45, 7) is 2.71. The van der Waals surface area contributed by atoms with Gasteiger partial charge in [-0.3, -0.25) is 4.57 Å². The fraction of sp³-hybridized carbons (Fsp3) is 0.227. The molecule has 0 saturated heterocycles. The van der Waals surface area contributed by atoms with Crippen LogP contribution in [0.4, 0.5) is 5.82 Å². The largest absolute Gasteiger partial charge is 0.365 e. The lowest BCUT2D eigenvalue weighted by Crippen LogP contribution is -2.11. The monoisotopic (exact) mass is 385 g/mol. The Kier molecular flexibility index (Phi) is 3.43.